The summed E-state index contributed by atoms with van der Waals surface area (Å²) in [5.41, 5.74) is 6.41. The van der Waals surface area contributed by atoms with Gasteiger partial charge in [0.2, 0.25) is 0 Å². The van der Waals surface area contributed by atoms with Crippen molar-refractivity contribution in [2.75, 3.05) is 0 Å². The van der Waals surface area contributed by atoms with Gasteiger partial charge in [-0.25, -0.2) is 4.79 Å². The molecule has 0 aromatic heterocycles. The summed E-state index contributed by atoms with van der Waals surface area (Å²) in [4.78, 5) is 23.9. The fourth-order valence-electron chi connectivity index (χ4n) is 2.44. The van der Waals surface area contributed by atoms with Gasteiger partial charge in [-0.05, 0) is 37.1 Å². The summed E-state index contributed by atoms with van der Waals surface area (Å²) in [5.74, 6) is -1.56. The van der Waals surface area contributed by atoms with Crippen molar-refractivity contribution >= 4 is 11.8 Å². The lowest BCUT2D eigenvalue weighted by molar-refractivity contribution is 0.0352. The van der Waals surface area contributed by atoms with Crippen LogP contribution in [0.5, 0.6) is 11.5 Å². The molecule has 0 saturated carbocycles. The molecule has 0 saturated heterocycles. The monoisotopic (exact) mass is 329 g/mol. The molecule has 2 aromatic rings. The molecule has 0 aliphatic heterocycles. The first-order valence-electron chi connectivity index (χ1n) is 7.40. The van der Waals surface area contributed by atoms with Crippen molar-refractivity contribution in [3.05, 3.63) is 58.7 Å². The molecule has 0 aliphatic carbocycles. The maximum absolute atomic E-state index is 12.0. The van der Waals surface area contributed by atoms with E-state index in [2.05, 4.69) is 0 Å². The normalized spacial score (nSPS) is 11.8. The molecule has 2 rings (SSSR count). The molecule has 2 aromatic carbocycles. The fraction of sp³-hybridized carbons (Fsp3) is 0.222. The van der Waals surface area contributed by atoms with Crippen LogP contribution in [0.1, 0.15) is 45.7 Å². The van der Waals surface area contributed by atoms with Gasteiger partial charge in [0.25, 0.3) is 0 Å². The van der Waals surface area contributed by atoms with Gasteiger partial charge >= 0.3 is 5.97 Å². The van der Waals surface area contributed by atoms with Crippen LogP contribution in [0.4, 0.5) is 0 Å². The molecule has 4 N–H and O–H groups in total. The minimum absolute atomic E-state index is 0.0253. The molecule has 0 spiro atoms. The molecular formula is C18H19NO5. The van der Waals surface area contributed by atoms with E-state index >= 15 is 0 Å². The lowest BCUT2D eigenvalue weighted by Crippen LogP contribution is -2.23. The van der Waals surface area contributed by atoms with Gasteiger partial charge in [0, 0.05) is 6.42 Å². The number of Topliss-reactive ketones (excluding diaryl/α,β-unsaturated/α-hetero) is 1. The number of rotatable bonds is 5. The maximum atomic E-state index is 12.0. The van der Waals surface area contributed by atoms with Crippen molar-refractivity contribution in [3.8, 4) is 11.5 Å². The van der Waals surface area contributed by atoms with Gasteiger partial charge in [-0.1, -0.05) is 24.3 Å². The minimum Gasteiger partial charge on any atom is -0.508 e. The van der Waals surface area contributed by atoms with E-state index < -0.39 is 23.7 Å². The lowest BCUT2D eigenvalue weighted by Gasteiger charge is -2.14. The van der Waals surface area contributed by atoms with E-state index in [1.807, 2.05) is 0 Å². The number of carbonyl (C=O) groups is 2. The molecule has 6 heteroatoms. The van der Waals surface area contributed by atoms with Crippen LogP contribution >= 0.6 is 0 Å². The predicted octanol–water partition coefficient (Wildman–Crippen LogP) is 2.35. The lowest BCUT2D eigenvalue weighted by atomic mass is 9.94. The number of esters is 1. The smallest absolute Gasteiger partial charge is 0.343 e. The summed E-state index contributed by atoms with van der Waals surface area (Å²) < 4.78 is 4.86. The van der Waals surface area contributed by atoms with Crippen molar-refractivity contribution in [2.45, 2.75) is 26.5 Å². The zero-order chi connectivity index (χ0) is 17.9. The topological polar surface area (TPSA) is 110 Å². The van der Waals surface area contributed by atoms with E-state index in [1.54, 1.807) is 24.3 Å². The molecule has 0 fully saturated rings. The Labute approximate surface area is 139 Å². The Hall–Kier alpha value is -2.86. The van der Waals surface area contributed by atoms with E-state index in [1.165, 1.54) is 26.0 Å². The number of aromatic hydroxyl groups is 2. The fourth-order valence-corrected chi connectivity index (χ4v) is 2.44. The van der Waals surface area contributed by atoms with E-state index in [9.17, 15) is 19.8 Å². The van der Waals surface area contributed by atoms with E-state index in [4.69, 9.17) is 10.5 Å². The van der Waals surface area contributed by atoms with Crippen molar-refractivity contribution in [3.63, 3.8) is 0 Å². The number of phenolic OH excluding ortho intramolecular Hbond substituents is 2. The van der Waals surface area contributed by atoms with Crippen LogP contribution in [0.15, 0.2) is 36.4 Å². The minimum atomic E-state index is -0.835. The number of ketones is 1. The Balaban J connectivity index is 2.47. The summed E-state index contributed by atoms with van der Waals surface area (Å²) in [7, 11) is 0. The van der Waals surface area contributed by atoms with Crippen LogP contribution in [-0.4, -0.2) is 28.2 Å². The van der Waals surface area contributed by atoms with E-state index in [-0.39, 0.29) is 23.3 Å². The summed E-state index contributed by atoms with van der Waals surface area (Å²) in [6.07, 6.45) is -0.601. The number of para-hydroxylation sites is 1. The third-order valence-electron chi connectivity index (χ3n) is 3.50. The molecule has 0 amide bonds. The Morgan fingerprint density at radius 3 is 2.38 bits per heavy atom. The highest BCUT2D eigenvalue weighted by Gasteiger charge is 2.22. The average molecular weight is 329 g/mol. The number of hydrogen-bond acceptors (Lipinski definition) is 6. The van der Waals surface area contributed by atoms with Crippen LogP contribution in [-0.2, 0) is 11.2 Å². The summed E-state index contributed by atoms with van der Waals surface area (Å²) in [6.45, 7) is 2.78. The second-order valence-corrected chi connectivity index (χ2v) is 5.47. The highest BCUT2D eigenvalue weighted by atomic mass is 16.6. The molecule has 0 radical (unpaired) electrons. The Morgan fingerprint density at radius 2 is 1.79 bits per heavy atom. The van der Waals surface area contributed by atoms with Gasteiger partial charge in [0.05, 0.1) is 5.56 Å². The number of phenols is 2. The van der Waals surface area contributed by atoms with Gasteiger partial charge in [-0.3, -0.25) is 10.5 Å². The molecule has 24 heavy (non-hydrogen) atoms. The summed E-state index contributed by atoms with van der Waals surface area (Å²) in [5, 5.41) is 20.2. The zero-order valence-electron chi connectivity index (χ0n) is 13.4. The molecular weight excluding hydrogens is 310 g/mol. The van der Waals surface area contributed by atoms with E-state index in [0.717, 1.165) is 0 Å². The number of ether oxygens (including phenoxy) is 1. The van der Waals surface area contributed by atoms with Crippen LogP contribution in [0.3, 0.4) is 0 Å². The number of carbonyl (C=O) groups excluding carboxylic acids is 2. The second kappa shape index (κ2) is 7.14. The molecule has 0 heterocycles. The Morgan fingerprint density at radius 1 is 1.12 bits per heavy atom. The quantitative estimate of drug-likeness (QED) is 0.441. The first-order chi connectivity index (χ1) is 11.3. The van der Waals surface area contributed by atoms with E-state index in [0.29, 0.717) is 11.1 Å². The molecule has 6 nitrogen and oxygen atoms in total. The Bertz CT molecular complexity index is 783. The second-order valence-electron chi connectivity index (χ2n) is 5.47. The van der Waals surface area contributed by atoms with Gasteiger partial charge in [-0.2, -0.15) is 0 Å². The molecule has 0 aliphatic rings. The molecule has 0 bridgehead atoms. The van der Waals surface area contributed by atoms with Gasteiger partial charge < -0.3 is 14.9 Å². The van der Waals surface area contributed by atoms with Gasteiger partial charge in [0.15, 0.2) is 5.78 Å². The highest BCUT2D eigenvalue weighted by Crippen LogP contribution is 2.30. The summed E-state index contributed by atoms with van der Waals surface area (Å²) >= 11 is 0. The largest absolute Gasteiger partial charge is 0.508 e. The van der Waals surface area contributed by atoms with Crippen LogP contribution < -0.4 is 5.73 Å². The number of hydrogen-bond donors (Lipinski definition) is 3. The Kier molecular flexibility index (Phi) is 5.21. The van der Waals surface area contributed by atoms with Gasteiger partial charge in [0.1, 0.15) is 23.3 Å². The number of nitrogens with two attached hydrogens (primary N) is 1. The summed E-state index contributed by atoms with van der Waals surface area (Å²) in [6, 6.07) is 9.64. The predicted molar refractivity (Wildman–Crippen MR) is 88.1 cm³/mol. The van der Waals surface area contributed by atoms with Crippen molar-refractivity contribution < 1.29 is 24.5 Å². The average Bonchev–Trinajstić information content (AvgIpc) is 2.48. The third-order valence-corrected chi connectivity index (χ3v) is 3.50. The highest BCUT2D eigenvalue weighted by molar-refractivity contribution is 6.03. The van der Waals surface area contributed by atoms with Crippen LogP contribution in [0.25, 0.3) is 0 Å². The van der Waals surface area contributed by atoms with Crippen molar-refractivity contribution in [1.82, 2.24) is 0 Å². The SMILES string of the molecule is CC(=O)c1c(Cc2ccccc2O)ccc(C(=O)OC(C)N)c1O. The van der Waals surface area contributed by atoms with Crippen LogP contribution in [0.2, 0.25) is 0 Å². The molecule has 1 atom stereocenters. The van der Waals surface area contributed by atoms with Crippen LogP contribution in [0, 0.1) is 0 Å². The first kappa shape index (κ1) is 17.5. The molecule has 126 valence electrons. The first-order valence-corrected chi connectivity index (χ1v) is 7.40. The molecule has 1 unspecified atom stereocenters. The maximum Gasteiger partial charge on any atom is 0.343 e. The van der Waals surface area contributed by atoms with Crippen molar-refractivity contribution in [2.24, 2.45) is 5.73 Å². The third kappa shape index (κ3) is 3.72. The standard InChI is InChI=1S/C18H19NO5/c1-10(20)16-13(9-12-5-3-4-6-15(12)21)7-8-14(17(16)22)18(23)24-11(2)19/h3-8,11,21-22H,9,19H2,1-2H3. The van der Waals surface area contributed by atoms with Crippen molar-refractivity contribution in [1.29, 1.82) is 0 Å². The van der Waals surface area contributed by atoms with Gasteiger partial charge in [-0.15, -0.1) is 0 Å². The zero-order valence-corrected chi connectivity index (χ0v) is 13.4. The number of benzene rings is 2.